The predicted octanol–water partition coefficient (Wildman–Crippen LogP) is 1.95. The molecule has 2 N–H and O–H groups in total. The Morgan fingerprint density at radius 1 is 1.41 bits per heavy atom. The quantitative estimate of drug-likeness (QED) is 0.711. The SMILES string of the molecule is CC12Cc3ncccc3C=C1N=C(Cl)N=C2N. The van der Waals surface area contributed by atoms with Gasteiger partial charge in [-0.05, 0) is 36.2 Å². The predicted molar refractivity (Wildman–Crippen MR) is 68.9 cm³/mol. The van der Waals surface area contributed by atoms with Crippen molar-refractivity contribution in [3.05, 3.63) is 35.3 Å². The molecule has 2 aliphatic rings. The lowest BCUT2D eigenvalue weighted by atomic mass is 9.75. The van der Waals surface area contributed by atoms with Crippen LogP contribution in [0.1, 0.15) is 18.2 Å². The van der Waals surface area contributed by atoms with Gasteiger partial charge in [0, 0.05) is 18.3 Å². The molecule has 3 rings (SSSR count). The summed E-state index contributed by atoms with van der Waals surface area (Å²) in [6.07, 6.45) is 4.47. The number of halogens is 1. The second-order valence-corrected chi connectivity index (χ2v) is 4.79. The van der Waals surface area contributed by atoms with E-state index >= 15 is 0 Å². The lowest BCUT2D eigenvalue weighted by Crippen LogP contribution is -2.42. The van der Waals surface area contributed by atoms with Gasteiger partial charge >= 0.3 is 0 Å². The Hall–Kier alpha value is -1.68. The van der Waals surface area contributed by atoms with Crippen molar-refractivity contribution < 1.29 is 0 Å². The molecule has 0 saturated carbocycles. The van der Waals surface area contributed by atoms with Gasteiger partial charge in [0.15, 0.2) is 0 Å². The van der Waals surface area contributed by atoms with E-state index in [0.29, 0.717) is 12.3 Å². The van der Waals surface area contributed by atoms with E-state index in [1.54, 1.807) is 6.20 Å². The van der Waals surface area contributed by atoms with E-state index in [-0.39, 0.29) is 10.7 Å². The van der Waals surface area contributed by atoms with Crippen LogP contribution in [0.2, 0.25) is 0 Å². The summed E-state index contributed by atoms with van der Waals surface area (Å²) >= 11 is 5.85. The molecule has 0 aromatic carbocycles. The van der Waals surface area contributed by atoms with Gasteiger partial charge in [-0.2, -0.15) is 0 Å². The van der Waals surface area contributed by atoms with Gasteiger partial charge in [0.2, 0.25) is 5.29 Å². The molecule has 0 bridgehead atoms. The van der Waals surface area contributed by atoms with Crippen molar-refractivity contribution >= 4 is 28.8 Å². The molecule has 1 unspecified atom stereocenters. The topological polar surface area (TPSA) is 63.6 Å². The van der Waals surface area contributed by atoms with Gasteiger partial charge in [0.25, 0.3) is 0 Å². The van der Waals surface area contributed by atoms with Crippen molar-refractivity contribution in [1.82, 2.24) is 4.98 Å². The van der Waals surface area contributed by atoms with E-state index in [2.05, 4.69) is 15.0 Å². The third kappa shape index (κ3) is 1.48. The highest BCUT2D eigenvalue weighted by Crippen LogP contribution is 2.40. The second kappa shape index (κ2) is 3.40. The third-order valence-electron chi connectivity index (χ3n) is 3.29. The van der Waals surface area contributed by atoms with Gasteiger partial charge in [-0.15, -0.1) is 0 Å². The summed E-state index contributed by atoms with van der Waals surface area (Å²) < 4.78 is 0. The average Bonchev–Trinajstić information content (AvgIpc) is 2.28. The Balaban J connectivity index is 2.21. The molecule has 86 valence electrons. The molecule has 1 aromatic rings. The fourth-order valence-corrected chi connectivity index (χ4v) is 2.37. The van der Waals surface area contributed by atoms with Crippen molar-refractivity contribution in [2.75, 3.05) is 0 Å². The molecule has 1 aliphatic carbocycles. The number of aromatic nitrogens is 1. The third-order valence-corrected chi connectivity index (χ3v) is 3.46. The normalized spacial score (nSPS) is 26.4. The van der Waals surface area contributed by atoms with E-state index in [1.165, 1.54) is 0 Å². The Morgan fingerprint density at radius 2 is 2.24 bits per heavy atom. The summed E-state index contributed by atoms with van der Waals surface area (Å²) in [5, 5.41) is 0.193. The highest BCUT2D eigenvalue weighted by atomic mass is 35.5. The van der Waals surface area contributed by atoms with Crippen LogP contribution in [0.25, 0.3) is 6.08 Å². The lowest BCUT2D eigenvalue weighted by Gasteiger charge is -2.34. The molecule has 0 saturated heterocycles. The minimum Gasteiger partial charge on any atom is -0.386 e. The Labute approximate surface area is 104 Å². The Morgan fingerprint density at radius 3 is 3.06 bits per heavy atom. The number of pyridine rings is 1. The van der Waals surface area contributed by atoms with E-state index in [4.69, 9.17) is 17.3 Å². The number of hydrogen-bond donors (Lipinski definition) is 1. The van der Waals surface area contributed by atoms with Crippen LogP contribution >= 0.6 is 11.6 Å². The van der Waals surface area contributed by atoms with Crippen LogP contribution in [0.15, 0.2) is 34.0 Å². The van der Waals surface area contributed by atoms with Crippen molar-refractivity contribution in [3.8, 4) is 0 Å². The number of fused-ring (bicyclic) bond motifs is 2. The molecule has 0 amide bonds. The highest BCUT2D eigenvalue weighted by Gasteiger charge is 2.40. The first-order valence-electron chi connectivity index (χ1n) is 5.34. The van der Waals surface area contributed by atoms with Gasteiger partial charge in [-0.25, -0.2) is 9.98 Å². The highest BCUT2D eigenvalue weighted by molar-refractivity contribution is 6.66. The molecule has 0 fully saturated rings. The van der Waals surface area contributed by atoms with Crippen LogP contribution in [-0.2, 0) is 6.42 Å². The van der Waals surface area contributed by atoms with Gasteiger partial charge in [-0.1, -0.05) is 6.07 Å². The van der Waals surface area contributed by atoms with Crippen molar-refractivity contribution in [1.29, 1.82) is 0 Å². The lowest BCUT2D eigenvalue weighted by molar-refractivity contribution is 0.526. The fourth-order valence-electron chi connectivity index (χ4n) is 2.19. The van der Waals surface area contributed by atoms with Gasteiger partial charge in [-0.3, -0.25) is 4.98 Å². The summed E-state index contributed by atoms with van der Waals surface area (Å²) in [4.78, 5) is 12.7. The molecular formula is C12H11ClN4. The Kier molecular flexibility index (Phi) is 2.10. The molecular weight excluding hydrogens is 236 g/mol. The largest absolute Gasteiger partial charge is 0.386 e. The average molecular weight is 247 g/mol. The first kappa shape index (κ1) is 10.5. The van der Waals surface area contributed by atoms with Crippen LogP contribution in [0.3, 0.4) is 0 Å². The maximum atomic E-state index is 5.99. The van der Waals surface area contributed by atoms with E-state index in [9.17, 15) is 0 Å². The molecule has 17 heavy (non-hydrogen) atoms. The van der Waals surface area contributed by atoms with E-state index in [1.807, 2.05) is 25.1 Å². The maximum Gasteiger partial charge on any atom is 0.224 e. The zero-order valence-electron chi connectivity index (χ0n) is 9.31. The van der Waals surface area contributed by atoms with E-state index in [0.717, 1.165) is 17.0 Å². The fraction of sp³-hybridized carbons (Fsp3) is 0.250. The van der Waals surface area contributed by atoms with Crippen LogP contribution in [0, 0.1) is 5.41 Å². The van der Waals surface area contributed by atoms with Crippen molar-refractivity contribution in [2.24, 2.45) is 21.1 Å². The molecule has 5 heteroatoms. The van der Waals surface area contributed by atoms with Crippen molar-refractivity contribution in [3.63, 3.8) is 0 Å². The number of hydrogen-bond acceptors (Lipinski definition) is 4. The standard InChI is InChI=1S/C12H11ClN4/c1-12-6-8-7(3-2-4-15-8)5-9(12)16-11(13)17-10(12)14/h2-5H,6H2,1H3,(H2,14,16,17). The first-order valence-corrected chi connectivity index (χ1v) is 5.72. The monoisotopic (exact) mass is 246 g/mol. The molecule has 4 nitrogen and oxygen atoms in total. The number of rotatable bonds is 0. The zero-order chi connectivity index (χ0) is 12.0. The number of amidine groups is 2. The van der Waals surface area contributed by atoms with Crippen LogP contribution < -0.4 is 5.73 Å². The summed E-state index contributed by atoms with van der Waals surface area (Å²) in [6.45, 7) is 2.02. The van der Waals surface area contributed by atoms with Crippen molar-refractivity contribution in [2.45, 2.75) is 13.3 Å². The summed E-state index contributed by atoms with van der Waals surface area (Å²) in [7, 11) is 0. The molecule has 1 atom stereocenters. The van der Waals surface area contributed by atoms with Crippen LogP contribution in [-0.4, -0.2) is 16.1 Å². The smallest absolute Gasteiger partial charge is 0.224 e. The number of nitrogens with zero attached hydrogens (tertiary/aromatic N) is 3. The van der Waals surface area contributed by atoms with Crippen LogP contribution in [0.5, 0.6) is 0 Å². The minimum atomic E-state index is -0.389. The molecule has 1 aromatic heterocycles. The van der Waals surface area contributed by atoms with Crippen LogP contribution in [0.4, 0.5) is 0 Å². The number of nitrogens with two attached hydrogens (primary N) is 1. The Bertz CT molecular complexity index is 588. The summed E-state index contributed by atoms with van der Waals surface area (Å²) in [5.41, 5.74) is 8.55. The second-order valence-electron chi connectivity index (χ2n) is 4.46. The van der Waals surface area contributed by atoms with E-state index < -0.39 is 0 Å². The minimum absolute atomic E-state index is 0.193. The zero-order valence-corrected chi connectivity index (χ0v) is 10.1. The first-order chi connectivity index (χ1) is 8.09. The van der Waals surface area contributed by atoms with Gasteiger partial charge in [0.05, 0.1) is 11.1 Å². The number of aliphatic imine (C=N–C) groups is 2. The van der Waals surface area contributed by atoms with Gasteiger partial charge in [0.1, 0.15) is 5.84 Å². The molecule has 0 radical (unpaired) electrons. The molecule has 0 spiro atoms. The van der Waals surface area contributed by atoms with Gasteiger partial charge < -0.3 is 5.73 Å². The maximum absolute atomic E-state index is 5.99. The summed E-state index contributed by atoms with van der Waals surface area (Å²) in [5.74, 6) is 0.500. The summed E-state index contributed by atoms with van der Waals surface area (Å²) in [6, 6.07) is 3.92. The molecule has 1 aliphatic heterocycles. The molecule has 2 heterocycles.